The van der Waals surface area contributed by atoms with E-state index < -0.39 is 10.0 Å². The number of carbonyl (C=O) groups is 1. The second-order valence-corrected chi connectivity index (χ2v) is 7.73. The molecule has 25 heavy (non-hydrogen) atoms. The number of ketones is 1. The Morgan fingerprint density at radius 2 is 1.80 bits per heavy atom. The number of halogens is 1. The van der Waals surface area contributed by atoms with E-state index in [1.54, 1.807) is 26.2 Å². The number of nitrogens with zero attached hydrogens (tertiary/aromatic N) is 1. The van der Waals surface area contributed by atoms with Crippen LogP contribution < -0.4 is 4.72 Å². The van der Waals surface area contributed by atoms with Gasteiger partial charge in [0.25, 0.3) is 0 Å². The molecule has 2 rings (SSSR count). The number of sulfonamides is 1. The zero-order chi connectivity index (χ0) is 18.6. The fraction of sp³-hybridized carbons (Fsp3) is 0.278. The van der Waals surface area contributed by atoms with E-state index >= 15 is 0 Å². The molecule has 7 heteroatoms. The molecule has 0 aromatic heterocycles. The Morgan fingerprint density at radius 1 is 1.16 bits per heavy atom. The number of rotatable bonds is 7. The zero-order valence-corrected chi connectivity index (χ0v) is 15.2. The highest BCUT2D eigenvalue weighted by atomic mass is 32.2. The summed E-state index contributed by atoms with van der Waals surface area (Å²) in [4.78, 5) is 13.2. The van der Waals surface area contributed by atoms with Gasteiger partial charge in [-0.2, -0.15) is 0 Å². The number of benzene rings is 2. The first-order valence-electron chi connectivity index (χ1n) is 7.73. The molecule has 1 atom stereocenters. The van der Waals surface area contributed by atoms with E-state index in [4.69, 9.17) is 0 Å². The minimum absolute atomic E-state index is 0.0780. The Hall–Kier alpha value is -2.09. The molecule has 0 aliphatic heterocycles. The molecule has 0 amide bonds. The van der Waals surface area contributed by atoms with E-state index in [2.05, 4.69) is 4.72 Å². The summed E-state index contributed by atoms with van der Waals surface area (Å²) in [5, 5.41) is 0. The standard InChI is InChI=1S/C18H21FN2O3S/c1-13(22)14-7-9-17(10-8-14)25(23,24)20-12-18(21(2)3)15-5-4-6-16(19)11-15/h4-11,18,20H,12H2,1-3H3. The van der Waals surface area contributed by atoms with Crippen molar-refractivity contribution in [3.05, 3.63) is 65.5 Å². The van der Waals surface area contributed by atoms with Crippen LogP contribution in [0.4, 0.5) is 4.39 Å². The molecule has 5 nitrogen and oxygen atoms in total. The van der Waals surface area contributed by atoms with E-state index in [-0.39, 0.29) is 29.1 Å². The molecule has 2 aromatic carbocycles. The minimum atomic E-state index is -3.73. The van der Waals surface area contributed by atoms with Crippen LogP contribution >= 0.6 is 0 Å². The van der Waals surface area contributed by atoms with Crippen LogP contribution in [0.1, 0.15) is 28.9 Å². The summed E-state index contributed by atoms with van der Waals surface area (Å²) in [5.74, 6) is -0.497. The maximum absolute atomic E-state index is 13.4. The van der Waals surface area contributed by atoms with Crippen molar-refractivity contribution in [1.82, 2.24) is 9.62 Å². The molecule has 1 unspecified atom stereocenters. The smallest absolute Gasteiger partial charge is 0.240 e. The highest BCUT2D eigenvalue weighted by Crippen LogP contribution is 2.19. The highest BCUT2D eigenvalue weighted by molar-refractivity contribution is 7.89. The number of hydrogen-bond donors (Lipinski definition) is 1. The van der Waals surface area contributed by atoms with Gasteiger partial charge in [-0.1, -0.05) is 24.3 Å². The van der Waals surface area contributed by atoms with Crippen molar-refractivity contribution in [2.75, 3.05) is 20.6 Å². The molecule has 0 spiro atoms. The summed E-state index contributed by atoms with van der Waals surface area (Å²) >= 11 is 0. The number of likely N-dealkylation sites (N-methyl/N-ethyl adjacent to an activating group) is 1. The van der Waals surface area contributed by atoms with Crippen LogP contribution in [-0.2, 0) is 10.0 Å². The molecule has 0 saturated heterocycles. The van der Waals surface area contributed by atoms with Gasteiger partial charge < -0.3 is 4.90 Å². The molecular weight excluding hydrogens is 343 g/mol. The number of Topliss-reactive ketones (excluding diaryl/α,β-unsaturated/α-hetero) is 1. The average Bonchev–Trinajstić information content (AvgIpc) is 2.54. The second-order valence-electron chi connectivity index (χ2n) is 5.97. The maximum atomic E-state index is 13.4. The van der Waals surface area contributed by atoms with Crippen molar-refractivity contribution in [2.24, 2.45) is 0 Å². The fourth-order valence-electron chi connectivity index (χ4n) is 2.45. The fourth-order valence-corrected chi connectivity index (χ4v) is 3.49. The Kier molecular flexibility index (Phi) is 6.05. The van der Waals surface area contributed by atoms with E-state index in [0.717, 1.165) is 0 Å². The molecule has 0 aliphatic carbocycles. The largest absolute Gasteiger partial charge is 0.301 e. The van der Waals surface area contributed by atoms with E-state index in [1.807, 2.05) is 4.90 Å². The van der Waals surface area contributed by atoms with Crippen molar-refractivity contribution < 1.29 is 17.6 Å². The topological polar surface area (TPSA) is 66.5 Å². The van der Waals surface area contributed by atoms with E-state index in [9.17, 15) is 17.6 Å². The number of nitrogens with one attached hydrogen (secondary N) is 1. The van der Waals surface area contributed by atoms with Gasteiger partial charge in [0, 0.05) is 18.2 Å². The van der Waals surface area contributed by atoms with Crippen LogP contribution in [0.2, 0.25) is 0 Å². The number of carbonyl (C=O) groups excluding carboxylic acids is 1. The van der Waals surface area contributed by atoms with Crippen LogP contribution in [0.3, 0.4) is 0 Å². The molecule has 0 radical (unpaired) electrons. The summed E-state index contributed by atoms with van der Waals surface area (Å²) in [6, 6.07) is 11.5. The zero-order valence-electron chi connectivity index (χ0n) is 14.4. The number of hydrogen-bond acceptors (Lipinski definition) is 4. The normalized spacial score (nSPS) is 13.0. The quantitative estimate of drug-likeness (QED) is 0.767. The van der Waals surface area contributed by atoms with Gasteiger partial charge in [-0.25, -0.2) is 17.5 Å². The minimum Gasteiger partial charge on any atom is -0.301 e. The lowest BCUT2D eigenvalue weighted by Crippen LogP contribution is -2.34. The lowest BCUT2D eigenvalue weighted by atomic mass is 10.1. The third kappa shape index (κ3) is 4.94. The Bertz CT molecular complexity index is 849. The van der Waals surface area contributed by atoms with Crippen molar-refractivity contribution in [1.29, 1.82) is 0 Å². The van der Waals surface area contributed by atoms with Crippen molar-refractivity contribution in [3.63, 3.8) is 0 Å². The molecule has 0 saturated carbocycles. The summed E-state index contributed by atoms with van der Waals surface area (Å²) < 4.78 is 40.9. The predicted molar refractivity (Wildman–Crippen MR) is 94.5 cm³/mol. The third-order valence-corrected chi connectivity index (χ3v) is 5.33. The van der Waals surface area contributed by atoms with Gasteiger partial charge in [0.15, 0.2) is 5.78 Å². The maximum Gasteiger partial charge on any atom is 0.240 e. The summed E-state index contributed by atoms with van der Waals surface area (Å²) in [6.07, 6.45) is 0. The monoisotopic (exact) mass is 364 g/mol. The first-order valence-corrected chi connectivity index (χ1v) is 9.21. The molecule has 134 valence electrons. The molecule has 0 bridgehead atoms. The first-order chi connectivity index (χ1) is 11.7. The molecule has 0 aliphatic rings. The van der Waals surface area contributed by atoms with Crippen LogP contribution in [0.5, 0.6) is 0 Å². The summed E-state index contributed by atoms with van der Waals surface area (Å²) in [5.41, 5.74) is 1.13. The summed E-state index contributed by atoms with van der Waals surface area (Å²) in [6.45, 7) is 1.51. The van der Waals surface area contributed by atoms with E-state index in [1.165, 1.54) is 43.3 Å². The SMILES string of the molecule is CC(=O)c1ccc(S(=O)(=O)NCC(c2cccc(F)c2)N(C)C)cc1. The van der Waals surface area contributed by atoms with Gasteiger partial charge >= 0.3 is 0 Å². The van der Waals surface area contributed by atoms with Gasteiger partial charge in [0.05, 0.1) is 4.90 Å². The Balaban J connectivity index is 2.17. The lowest BCUT2D eigenvalue weighted by Gasteiger charge is -2.25. The van der Waals surface area contributed by atoms with Gasteiger partial charge in [-0.3, -0.25) is 4.79 Å². The molecular formula is C18H21FN2O3S. The molecule has 0 fully saturated rings. The highest BCUT2D eigenvalue weighted by Gasteiger charge is 2.20. The van der Waals surface area contributed by atoms with Crippen LogP contribution in [-0.4, -0.2) is 39.7 Å². The van der Waals surface area contributed by atoms with Gasteiger partial charge in [0.1, 0.15) is 5.82 Å². The van der Waals surface area contributed by atoms with Gasteiger partial charge in [0.2, 0.25) is 10.0 Å². The lowest BCUT2D eigenvalue weighted by molar-refractivity contribution is 0.101. The Labute approximate surface area is 147 Å². The average molecular weight is 364 g/mol. The molecule has 2 aromatic rings. The van der Waals surface area contributed by atoms with E-state index in [0.29, 0.717) is 11.1 Å². The van der Waals surface area contributed by atoms with Gasteiger partial charge in [-0.15, -0.1) is 0 Å². The van der Waals surface area contributed by atoms with Crippen LogP contribution in [0.15, 0.2) is 53.4 Å². The molecule has 1 N–H and O–H groups in total. The van der Waals surface area contributed by atoms with Crippen molar-refractivity contribution in [2.45, 2.75) is 17.9 Å². The van der Waals surface area contributed by atoms with Crippen LogP contribution in [0.25, 0.3) is 0 Å². The third-order valence-electron chi connectivity index (χ3n) is 3.89. The second kappa shape index (κ2) is 7.86. The predicted octanol–water partition coefficient (Wildman–Crippen LogP) is 2.61. The Morgan fingerprint density at radius 3 is 2.32 bits per heavy atom. The van der Waals surface area contributed by atoms with Crippen LogP contribution in [0, 0.1) is 5.82 Å². The first kappa shape index (κ1) is 19.2. The molecule has 0 heterocycles. The summed E-state index contributed by atoms with van der Waals surface area (Å²) in [7, 11) is -0.137. The van der Waals surface area contributed by atoms with Crippen molar-refractivity contribution in [3.8, 4) is 0 Å². The van der Waals surface area contributed by atoms with Crippen molar-refractivity contribution >= 4 is 15.8 Å². The van der Waals surface area contributed by atoms with Gasteiger partial charge in [-0.05, 0) is 50.8 Å².